The van der Waals surface area contributed by atoms with E-state index in [2.05, 4.69) is 34.1 Å². The first-order valence-corrected chi connectivity index (χ1v) is 11.1. The molecule has 0 radical (unpaired) electrons. The van der Waals surface area contributed by atoms with Crippen LogP contribution in [0.4, 0.5) is 0 Å². The summed E-state index contributed by atoms with van der Waals surface area (Å²) < 4.78 is 10.5. The molecule has 2 unspecified atom stereocenters. The zero-order valence-electron chi connectivity index (χ0n) is 19.8. The Hall–Kier alpha value is -2.61. The summed E-state index contributed by atoms with van der Waals surface area (Å²) in [5, 5.41) is 11.4. The van der Waals surface area contributed by atoms with Gasteiger partial charge in [0, 0.05) is 32.7 Å². The van der Waals surface area contributed by atoms with Gasteiger partial charge in [-0.05, 0) is 41.0 Å². The van der Waals surface area contributed by atoms with Gasteiger partial charge in [0.2, 0.25) is 0 Å². The molecule has 2 atom stereocenters. The molecule has 0 aliphatic carbocycles. The van der Waals surface area contributed by atoms with E-state index in [4.69, 9.17) is 9.47 Å². The van der Waals surface area contributed by atoms with Gasteiger partial charge in [-0.3, -0.25) is 9.80 Å². The minimum absolute atomic E-state index is 0. The molecule has 0 aromatic heterocycles. The van der Waals surface area contributed by atoms with Gasteiger partial charge in [0.25, 0.3) is 0 Å². The summed E-state index contributed by atoms with van der Waals surface area (Å²) in [6, 6.07) is 26.3. The fourth-order valence-corrected chi connectivity index (χ4v) is 4.42. The Morgan fingerprint density at radius 3 is 1.79 bits per heavy atom. The van der Waals surface area contributed by atoms with Crippen molar-refractivity contribution in [1.29, 1.82) is 0 Å². The number of piperazine rings is 1. The first-order chi connectivity index (χ1) is 15.7. The normalized spacial score (nSPS) is 16.0. The van der Waals surface area contributed by atoms with Gasteiger partial charge in [0.1, 0.15) is 11.5 Å². The highest BCUT2D eigenvalue weighted by molar-refractivity contribution is 5.85. The molecule has 1 heterocycles. The van der Waals surface area contributed by atoms with Crippen LogP contribution in [0.2, 0.25) is 0 Å². The van der Waals surface area contributed by atoms with Crippen LogP contribution in [0.5, 0.6) is 11.5 Å². The number of hydrogen-bond acceptors (Lipinski definition) is 5. The van der Waals surface area contributed by atoms with Crippen molar-refractivity contribution in [2.75, 3.05) is 40.4 Å². The molecule has 1 saturated heterocycles. The highest BCUT2D eigenvalue weighted by atomic mass is 35.5. The predicted octanol–water partition coefficient (Wildman–Crippen LogP) is 3.89. The zero-order valence-corrected chi connectivity index (χ0v) is 20.6. The Morgan fingerprint density at radius 1 is 0.735 bits per heavy atom. The first kappa shape index (κ1) is 27.6. The standard InChI is InChI=1S/C27H32N2O3.ClH.H2O/c1-31-24-12-8-21(9-13-24)20-28-16-18-29(19-17-28)26(22-6-4-3-5-7-22)27(30)23-10-14-25(32-2)15-11-23;;/h3-15,26-27,30H,16-20H2,1-2H3;1H;1H2. The number of rotatable bonds is 8. The van der Waals surface area contributed by atoms with Crippen molar-refractivity contribution in [3.05, 3.63) is 95.6 Å². The molecule has 1 aliphatic rings. The van der Waals surface area contributed by atoms with E-state index in [9.17, 15) is 5.11 Å². The first-order valence-electron chi connectivity index (χ1n) is 11.1. The van der Waals surface area contributed by atoms with Crippen LogP contribution >= 0.6 is 12.4 Å². The number of ether oxygens (including phenoxy) is 2. The number of benzene rings is 3. The van der Waals surface area contributed by atoms with E-state index in [-0.39, 0.29) is 23.9 Å². The fourth-order valence-electron chi connectivity index (χ4n) is 4.42. The summed E-state index contributed by atoms with van der Waals surface area (Å²) in [5.41, 5.74) is 3.33. The Labute approximate surface area is 208 Å². The lowest BCUT2D eigenvalue weighted by Crippen LogP contribution is -2.48. The van der Waals surface area contributed by atoms with Gasteiger partial charge in [0.05, 0.1) is 26.4 Å². The van der Waals surface area contributed by atoms with Crippen LogP contribution < -0.4 is 9.47 Å². The van der Waals surface area contributed by atoms with Gasteiger partial charge in [-0.1, -0.05) is 54.6 Å². The van der Waals surface area contributed by atoms with Crippen molar-refractivity contribution in [2.24, 2.45) is 0 Å². The largest absolute Gasteiger partial charge is 0.497 e. The van der Waals surface area contributed by atoms with Crippen LogP contribution in [-0.4, -0.2) is 60.8 Å². The second-order valence-corrected chi connectivity index (χ2v) is 8.23. The van der Waals surface area contributed by atoms with Crippen molar-refractivity contribution in [3.63, 3.8) is 0 Å². The summed E-state index contributed by atoms with van der Waals surface area (Å²) >= 11 is 0. The fraction of sp³-hybridized carbons (Fsp3) is 0.333. The molecule has 0 bridgehead atoms. The van der Waals surface area contributed by atoms with Gasteiger partial charge in [-0.25, -0.2) is 0 Å². The number of methoxy groups -OCH3 is 2. The van der Waals surface area contributed by atoms with Gasteiger partial charge in [-0.2, -0.15) is 0 Å². The molecule has 0 saturated carbocycles. The van der Waals surface area contributed by atoms with Crippen LogP contribution in [0.25, 0.3) is 0 Å². The maximum atomic E-state index is 11.4. The van der Waals surface area contributed by atoms with Crippen molar-refractivity contribution in [2.45, 2.75) is 18.7 Å². The minimum atomic E-state index is -0.614. The van der Waals surface area contributed by atoms with Crippen LogP contribution in [0.15, 0.2) is 78.9 Å². The average molecular weight is 487 g/mol. The third-order valence-electron chi connectivity index (χ3n) is 6.26. The van der Waals surface area contributed by atoms with Crippen LogP contribution in [0.1, 0.15) is 28.8 Å². The van der Waals surface area contributed by atoms with E-state index < -0.39 is 6.10 Å². The summed E-state index contributed by atoms with van der Waals surface area (Å²) in [7, 11) is 3.35. The monoisotopic (exact) mass is 486 g/mol. The van der Waals surface area contributed by atoms with Crippen molar-refractivity contribution in [3.8, 4) is 11.5 Å². The van der Waals surface area contributed by atoms with E-state index in [0.717, 1.165) is 55.3 Å². The molecule has 0 amide bonds. The van der Waals surface area contributed by atoms with E-state index in [1.54, 1.807) is 14.2 Å². The Morgan fingerprint density at radius 2 is 1.26 bits per heavy atom. The highest BCUT2D eigenvalue weighted by Crippen LogP contribution is 2.35. The molecular formula is C27H35ClN2O4. The van der Waals surface area contributed by atoms with E-state index in [1.807, 2.05) is 54.6 Å². The Bertz CT molecular complexity index is 962. The van der Waals surface area contributed by atoms with Gasteiger partial charge < -0.3 is 20.1 Å². The summed E-state index contributed by atoms with van der Waals surface area (Å²) in [6.45, 7) is 4.66. The number of nitrogens with zero attached hydrogens (tertiary/aromatic N) is 2. The quantitative estimate of drug-likeness (QED) is 0.522. The van der Waals surface area contributed by atoms with E-state index in [0.29, 0.717) is 0 Å². The molecule has 0 spiro atoms. The molecule has 4 rings (SSSR count). The van der Waals surface area contributed by atoms with Crippen LogP contribution in [0, 0.1) is 0 Å². The van der Waals surface area contributed by atoms with Crippen molar-refractivity contribution in [1.82, 2.24) is 9.80 Å². The number of aliphatic hydroxyl groups is 1. The SMILES string of the molecule is COc1ccc(CN2CCN(C(c3ccccc3)C(O)c3ccc(OC)cc3)CC2)cc1.Cl.O. The van der Waals surface area contributed by atoms with Gasteiger partial charge in [-0.15, -0.1) is 12.4 Å². The lowest BCUT2D eigenvalue weighted by molar-refractivity contribution is 0.0148. The summed E-state index contributed by atoms with van der Waals surface area (Å²) in [6.07, 6.45) is -0.614. The Balaban J connectivity index is 0.00000204. The van der Waals surface area contributed by atoms with Gasteiger partial charge >= 0.3 is 0 Å². The molecular weight excluding hydrogens is 452 g/mol. The molecule has 6 nitrogen and oxygen atoms in total. The maximum absolute atomic E-state index is 11.4. The summed E-state index contributed by atoms with van der Waals surface area (Å²) in [4.78, 5) is 4.88. The molecule has 1 fully saturated rings. The molecule has 1 aliphatic heterocycles. The maximum Gasteiger partial charge on any atom is 0.118 e. The Kier molecular flexibility index (Phi) is 10.8. The van der Waals surface area contributed by atoms with Crippen molar-refractivity contribution >= 4 is 12.4 Å². The lowest BCUT2D eigenvalue weighted by atomic mass is 9.93. The van der Waals surface area contributed by atoms with E-state index in [1.165, 1.54) is 5.56 Å². The third kappa shape index (κ3) is 6.72. The smallest absolute Gasteiger partial charge is 0.118 e. The molecule has 3 aromatic rings. The highest BCUT2D eigenvalue weighted by Gasteiger charge is 2.31. The molecule has 7 heteroatoms. The zero-order chi connectivity index (χ0) is 22.3. The topological polar surface area (TPSA) is 76.7 Å². The summed E-state index contributed by atoms with van der Waals surface area (Å²) in [5.74, 6) is 1.68. The van der Waals surface area contributed by atoms with Crippen LogP contribution in [-0.2, 0) is 6.54 Å². The molecule has 34 heavy (non-hydrogen) atoms. The van der Waals surface area contributed by atoms with Gasteiger partial charge in [0.15, 0.2) is 0 Å². The minimum Gasteiger partial charge on any atom is -0.497 e. The molecule has 184 valence electrons. The molecule has 3 aromatic carbocycles. The van der Waals surface area contributed by atoms with Crippen LogP contribution in [0.3, 0.4) is 0 Å². The predicted molar refractivity (Wildman–Crippen MR) is 138 cm³/mol. The van der Waals surface area contributed by atoms with Crippen molar-refractivity contribution < 1.29 is 20.1 Å². The lowest BCUT2D eigenvalue weighted by Gasteiger charge is -2.41. The molecule has 3 N–H and O–H groups in total. The third-order valence-corrected chi connectivity index (χ3v) is 6.26. The average Bonchev–Trinajstić information content (AvgIpc) is 2.86. The second-order valence-electron chi connectivity index (χ2n) is 8.23. The second kappa shape index (κ2) is 13.3. The van der Waals surface area contributed by atoms with E-state index >= 15 is 0 Å². The number of aliphatic hydroxyl groups excluding tert-OH is 1. The number of hydrogen-bond donors (Lipinski definition) is 1. The number of halogens is 1.